The molecule has 5 amide bonds. The van der Waals surface area contributed by atoms with Crippen LogP contribution in [0.2, 0.25) is 0 Å². The van der Waals surface area contributed by atoms with E-state index < -0.39 is 58.7 Å². The molecule has 0 radical (unpaired) electrons. The Morgan fingerprint density at radius 2 is 1.09 bits per heavy atom. The first-order valence-corrected chi connectivity index (χ1v) is 22.8. The van der Waals surface area contributed by atoms with E-state index in [2.05, 4.69) is 20.9 Å². The summed E-state index contributed by atoms with van der Waals surface area (Å²) in [5, 5.41) is 8.53. The van der Waals surface area contributed by atoms with Crippen molar-refractivity contribution in [3.63, 3.8) is 0 Å². The quantitative estimate of drug-likeness (QED) is 0.151. The molecule has 0 aromatic heterocycles. The number of esters is 1. The van der Waals surface area contributed by atoms with Gasteiger partial charge in [-0.15, -0.1) is 0 Å². The van der Waals surface area contributed by atoms with Crippen LogP contribution < -0.4 is 20.9 Å². The van der Waals surface area contributed by atoms with Crippen LogP contribution in [0.4, 0.5) is 35.0 Å². The molecular weight excluding hydrogens is 870 g/mol. The summed E-state index contributed by atoms with van der Waals surface area (Å²) in [6.45, 7) is 11.8. The van der Waals surface area contributed by atoms with Crippen molar-refractivity contribution < 1.29 is 51.4 Å². The Kier molecular flexibility index (Phi) is 15.3. The fourth-order valence-electron chi connectivity index (χ4n) is 9.49. The molecule has 17 heteroatoms. The molecule has 0 aliphatic carbocycles. The van der Waals surface area contributed by atoms with Crippen LogP contribution in [-0.4, -0.2) is 90.9 Å². The summed E-state index contributed by atoms with van der Waals surface area (Å²) in [6.07, 6.45) is -1.88. The molecule has 3 N–H and O–H groups in total. The Hall–Kier alpha value is -6.13. The molecule has 0 spiro atoms. The number of ether oxygens (including phenoxy) is 2. The normalized spacial score (nSPS) is 20.8. The van der Waals surface area contributed by atoms with Gasteiger partial charge in [-0.2, -0.15) is 13.2 Å². The molecule has 3 aromatic rings. The summed E-state index contributed by atoms with van der Waals surface area (Å²) in [7, 11) is 2.50. The first-order valence-electron chi connectivity index (χ1n) is 22.8. The second-order valence-electron chi connectivity index (χ2n) is 19.8. The maximum Gasteiger partial charge on any atom is 0.416 e. The van der Waals surface area contributed by atoms with E-state index in [0.29, 0.717) is 68.7 Å². The van der Waals surface area contributed by atoms with Crippen molar-refractivity contribution >= 4 is 52.8 Å². The van der Waals surface area contributed by atoms with Gasteiger partial charge >= 0.3 is 18.2 Å². The predicted molar refractivity (Wildman–Crippen MR) is 247 cm³/mol. The lowest BCUT2D eigenvalue weighted by molar-refractivity contribution is -0.151. The second-order valence-corrected chi connectivity index (χ2v) is 19.8. The van der Waals surface area contributed by atoms with E-state index in [1.54, 1.807) is 29.2 Å². The number of nitrogens with zero attached hydrogens (tertiary/aromatic N) is 3. The third-order valence-electron chi connectivity index (χ3n) is 13.2. The van der Waals surface area contributed by atoms with Gasteiger partial charge in [-0.3, -0.25) is 24.0 Å². The number of amides is 5. The Morgan fingerprint density at radius 3 is 1.49 bits per heavy atom. The Bertz CT molecular complexity index is 2140. The lowest BCUT2D eigenvalue weighted by Crippen LogP contribution is -2.57. The highest BCUT2D eigenvalue weighted by Gasteiger charge is 2.44. The van der Waals surface area contributed by atoms with Crippen LogP contribution in [0.15, 0.2) is 72.8 Å². The topological polar surface area (TPSA) is 167 Å². The fourth-order valence-corrected chi connectivity index (χ4v) is 9.49. The Balaban J connectivity index is 1.18. The van der Waals surface area contributed by atoms with E-state index in [0.717, 1.165) is 23.3 Å². The zero-order valence-electron chi connectivity index (χ0n) is 39.5. The minimum absolute atomic E-state index is 0.0941. The number of nitrogens with one attached hydrogen (secondary N) is 3. The lowest BCUT2D eigenvalue weighted by Gasteiger charge is -2.35. The molecule has 3 aliphatic heterocycles. The highest BCUT2D eigenvalue weighted by Crippen LogP contribution is 2.48. The van der Waals surface area contributed by atoms with Crippen LogP contribution in [0.5, 0.6) is 0 Å². The maximum atomic E-state index is 13.8. The number of alkyl carbamates (subject to hydrolysis) is 1. The third-order valence-corrected chi connectivity index (χ3v) is 13.2. The van der Waals surface area contributed by atoms with Gasteiger partial charge in [0.05, 0.1) is 44.2 Å². The van der Waals surface area contributed by atoms with Gasteiger partial charge < -0.3 is 40.1 Å². The predicted octanol–water partition coefficient (Wildman–Crippen LogP) is 8.64. The third kappa shape index (κ3) is 11.7. The summed E-state index contributed by atoms with van der Waals surface area (Å²) in [6, 6.07) is 16.8. The van der Waals surface area contributed by atoms with E-state index >= 15 is 0 Å². The number of methoxy groups -OCH3 is 2. The minimum atomic E-state index is -4.51. The molecule has 3 saturated heterocycles. The standard InChI is InChI=1S/C50H63F3N6O8/c1-48(2,3)36(29-41(60)66-7)45(63)57-27-9-11-39(57)43(61)54-33-19-13-30(14-20-33)37-25-26-38(59(37)35-23-17-32(18-24-35)50(51,52)53)31-15-21-34(22-16-31)55-44(62)40-12-10-28-58(40)46(64)42(49(4,5)6)56-47(65)67-8/h13-24,36-40,42H,9-12,25-29H2,1-8H3,(H,54,61)(H,55,62)(H,56,65)/t36-,37+,38+,39+,40+,42-/m1/s1. The number of anilines is 3. The van der Waals surface area contributed by atoms with E-state index in [9.17, 15) is 41.9 Å². The zero-order chi connectivity index (χ0) is 49.0. The maximum absolute atomic E-state index is 13.8. The number of carbonyl (C=O) groups is 6. The molecule has 67 heavy (non-hydrogen) atoms. The average Bonchev–Trinajstić information content (AvgIpc) is 4.07. The number of halogens is 3. The lowest BCUT2D eigenvalue weighted by atomic mass is 9.77. The van der Waals surface area contributed by atoms with Crippen LogP contribution in [0.25, 0.3) is 0 Å². The van der Waals surface area contributed by atoms with E-state index in [4.69, 9.17) is 9.47 Å². The van der Waals surface area contributed by atoms with Gasteiger partial charge in [0, 0.05) is 30.2 Å². The van der Waals surface area contributed by atoms with Gasteiger partial charge in [0.2, 0.25) is 23.6 Å². The molecular formula is C50H63F3N6O8. The van der Waals surface area contributed by atoms with Crippen LogP contribution in [0, 0.1) is 16.7 Å². The number of rotatable bonds is 12. The van der Waals surface area contributed by atoms with Crippen molar-refractivity contribution in [2.75, 3.05) is 42.8 Å². The van der Waals surface area contributed by atoms with E-state index in [1.807, 2.05) is 65.8 Å². The largest absolute Gasteiger partial charge is 0.469 e. The number of hydrogen-bond acceptors (Lipinski definition) is 9. The van der Waals surface area contributed by atoms with Crippen molar-refractivity contribution in [1.82, 2.24) is 15.1 Å². The van der Waals surface area contributed by atoms with E-state index in [-0.39, 0.29) is 42.1 Å². The van der Waals surface area contributed by atoms with Crippen LogP contribution in [-0.2, 0) is 39.6 Å². The van der Waals surface area contributed by atoms with Gasteiger partial charge in [0.25, 0.3) is 0 Å². The van der Waals surface area contributed by atoms with Crippen molar-refractivity contribution in [2.24, 2.45) is 16.7 Å². The van der Waals surface area contributed by atoms with Crippen molar-refractivity contribution in [3.05, 3.63) is 89.5 Å². The number of hydrogen-bond donors (Lipinski definition) is 3. The summed E-state index contributed by atoms with van der Waals surface area (Å²) >= 11 is 0. The van der Waals surface area contributed by atoms with Gasteiger partial charge in [0.15, 0.2) is 0 Å². The highest BCUT2D eigenvalue weighted by atomic mass is 19.4. The fraction of sp³-hybridized carbons (Fsp3) is 0.520. The van der Waals surface area contributed by atoms with E-state index in [1.165, 1.54) is 31.3 Å². The molecule has 362 valence electrons. The van der Waals surface area contributed by atoms with Crippen LogP contribution >= 0.6 is 0 Å². The van der Waals surface area contributed by atoms with Gasteiger partial charge in [0.1, 0.15) is 18.1 Å². The number of alkyl halides is 3. The Labute approximate surface area is 390 Å². The molecule has 14 nitrogen and oxygen atoms in total. The smallest absolute Gasteiger partial charge is 0.416 e. The summed E-state index contributed by atoms with van der Waals surface area (Å²) in [5.74, 6) is -2.52. The number of likely N-dealkylation sites (tertiary alicyclic amines) is 2. The Morgan fingerprint density at radius 1 is 0.627 bits per heavy atom. The van der Waals surface area contributed by atoms with Crippen molar-refractivity contribution in [2.45, 2.75) is 123 Å². The molecule has 3 aromatic carbocycles. The first kappa shape index (κ1) is 50.3. The molecule has 0 saturated carbocycles. The molecule has 3 fully saturated rings. The van der Waals surface area contributed by atoms with Gasteiger partial charge in [-0.1, -0.05) is 65.8 Å². The SMILES string of the molecule is COC(=O)C[C@H](C(=O)N1CCC[C@H]1C(=O)Nc1ccc([C@@H]2CC[C@@H](c3ccc(NC(=O)[C@@H]4CCCN4C(=O)[C@@H](NC(=O)OC)C(C)(C)C)cc3)N2c2ccc(C(F)(F)F)cc2)cc1)C(C)(C)C. The molecule has 0 bridgehead atoms. The van der Waals surface area contributed by atoms with Crippen molar-refractivity contribution in [1.29, 1.82) is 0 Å². The summed E-state index contributed by atoms with van der Waals surface area (Å²) in [4.78, 5) is 84.4. The number of benzene rings is 3. The molecule has 0 unspecified atom stereocenters. The summed E-state index contributed by atoms with van der Waals surface area (Å²) < 4.78 is 50.7. The second kappa shape index (κ2) is 20.4. The van der Waals surface area contributed by atoms with Crippen molar-refractivity contribution in [3.8, 4) is 0 Å². The number of carbonyl (C=O) groups excluding carboxylic acids is 6. The molecule has 6 rings (SSSR count). The highest BCUT2D eigenvalue weighted by molar-refractivity contribution is 5.99. The summed E-state index contributed by atoms with van der Waals surface area (Å²) in [5.41, 5.74) is 1.38. The zero-order valence-corrected chi connectivity index (χ0v) is 39.5. The van der Waals surface area contributed by atoms with Gasteiger partial charge in [-0.05, 0) is 109 Å². The van der Waals surface area contributed by atoms with Gasteiger partial charge in [-0.25, -0.2) is 4.79 Å². The molecule has 3 heterocycles. The van der Waals surface area contributed by atoms with Crippen LogP contribution in [0.1, 0.15) is 115 Å². The first-order chi connectivity index (χ1) is 31.5. The molecule has 6 atom stereocenters. The minimum Gasteiger partial charge on any atom is -0.469 e. The monoisotopic (exact) mass is 932 g/mol. The average molecular weight is 933 g/mol. The molecule has 3 aliphatic rings. The van der Waals surface area contributed by atoms with Crippen LogP contribution in [0.3, 0.4) is 0 Å².